The van der Waals surface area contributed by atoms with Crippen molar-refractivity contribution in [2.45, 2.75) is 153 Å². The predicted octanol–water partition coefficient (Wildman–Crippen LogP) is 12.1. The third kappa shape index (κ3) is 12.9. The molecule has 0 aliphatic carbocycles. The second-order valence-electron chi connectivity index (χ2n) is 18.8. The van der Waals surface area contributed by atoms with Gasteiger partial charge in [0.15, 0.2) is 5.79 Å². The van der Waals surface area contributed by atoms with Crippen LogP contribution in [0.25, 0.3) is 0 Å². The van der Waals surface area contributed by atoms with Crippen molar-refractivity contribution < 1.29 is 49.3 Å². The maximum atomic E-state index is 14.0. The molecule has 1 atom stereocenters. The van der Waals surface area contributed by atoms with Crippen molar-refractivity contribution in [2.75, 3.05) is 39.6 Å². The maximum absolute atomic E-state index is 14.0. The van der Waals surface area contributed by atoms with Gasteiger partial charge in [-0.1, -0.05) is 119 Å². The number of hydrogen-bond acceptors (Lipinski definition) is 11. The fourth-order valence-electron chi connectivity index (χ4n) is 8.14. The third-order valence-corrected chi connectivity index (χ3v) is 14.8. The molecule has 0 bridgehead atoms. The van der Waals surface area contributed by atoms with Gasteiger partial charge in [0.05, 0.1) is 45.7 Å². The van der Waals surface area contributed by atoms with Crippen LogP contribution in [0.4, 0.5) is 0 Å². The molecule has 65 heavy (non-hydrogen) atoms. The minimum atomic E-state index is -4.12. The second kappa shape index (κ2) is 22.4. The van der Waals surface area contributed by atoms with E-state index in [1.54, 1.807) is 24.3 Å². The van der Waals surface area contributed by atoms with E-state index in [1.165, 1.54) is 0 Å². The molecule has 1 N–H and O–H groups in total. The topological polar surface area (TPSA) is 144 Å². The Labute approximate surface area is 389 Å². The normalized spacial score (nSPS) is 15.1. The smallest absolute Gasteiger partial charge is 0.297 e. The zero-order valence-corrected chi connectivity index (χ0v) is 42.1. The first-order valence-electron chi connectivity index (χ1n) is 23.1. The summed E-state index contributed by atoms with van der Waals surface area (Å²) in [6.45, 7) is 24.7. The monoisotopic (exact) mass is 936 g/mol. The molecule has 1 heterocycles. The highest BCUT2D eigenvalue weighted by Gasteiger charge is 2.39. The number of rotatable bonds is 23. The molecule has 0 aromatic heterocycles. The molecule has 13 heteroatoms. The first-order valence-corrected chi connectivity index (χ1v) is 25.9. The van der Waals surface area contributed by atoms with Crippen LogP contribution in [0, 0.1) is 0 Å². The summed E-state index contributed by atoms with van der Waals surface area (Å²) in [6.07, 6.45) is -0.179. The number of aliphatic hydroxyl groups excluding tert-OH is 1. The lowest BCUT2D eigenvalue weighted by Gasteiger charge is -2.28. The molecule has 1 aliphatic rings. The van der Waals surface area contributed by atoms with Gasteiger partial charge >= 0.3 is 0 Å². The Balaban J connectivity index is 1.26. The zero-order valence-electron chi connectivity index (χ0n) is 40.5. The molecule has 4 aromatic rings. The summed E-state index contributed by atoms with van der Waals surface area (Å²) in [7, 11) is -8.23. The van der Waals surface area contributed by atoms with Crippen LogP contribution in [-0.4, -0.2) is 61.6 Å². The fraction of sp³-hybridized carbons (Fsp3) is 0.538. The van der Waals surface area contributed by atoms with Crippen molar-refractivity contribution in [2.24, 2.45) is 0 Å². The Morgan fingerprint density at radius 3 is 1.32 bits per heavy atom. The molecule has 11 nitrogen and oxygen atoms in total. The largest absolute Gasteiger partial charge is 0.457 e. The quantitative estimate of drug-likeness (QED) is 0.0710. The van der Waals surface area contributed by atoms with Gasteiger partial charge in [-0.05, 0) is 111 Å². The lowest BCUT2D eigenvalue weighted by Crippen LogP contribution is -2.29. The number of aliphatic hydroxyl groups is 1. The lowest BCUT2D eigenvalue weighted by atomic mass is 9.89. The summed E-state index contributed by atoms with van der Waals surface area (Å²) in [5.74, 6) is 0.294. The molecule has 1 aliphatic heterocycles. The van der Waals surface area contributed by atoms with E-state index >= 15 is 0 Å². The van der Waals surface area contributed by atoms with Crippen molar-refractivity contribution in [1.29, 1.82) is 0 Å². The fourth-order valence-corrected chi connectivity index (χ4v) is 11.3. The minimum Gasteiger partial charge on any atom is -0.457 e. The summed E-state index contributed by atoms with van der Waals surface area (Å²) in [5, 5.41) is 9.58. The van der Waals surface area contributed by atoms with E-state index in [2.05, 4.69) is 27.7 Å². The van der Waals surface area contributed by atoms with E-state index in [0.29, 0.717) is 30.3 Å². The Bertz CT molecular complexity index is 2340. The zero-order chi connectivity index (χ0) is 47.9. The SMILES string of the molecule is CC(C)c1cc(C(C)C)c(S(=O)(=O)OCCC(OCCO)c2ccc(Oc3ccc(C4(CCOS(=O)(=O)c5c(C(C)C)cc(C(C)C)cc5C(C)C)OCCO4)cc3)cc2)c(C(C)C)c1. The molecule has 0 radical (unpaired) electrons. The van der Waals surface area contributed by atoms with Gasteiger partial charge in [0, 0.05) is 18.4 Å². The van der Waals surface area contributed by atoms with E-state index in [-0.39, 0.29) is 84.6 Å². The van der Waals surface area contributed by atoms with Gasteiger partial charge in [-0.15, -0.1) is 0 Å². The summed E-state index contributed by atoms with van der Waals surface area (Å²) in [6, 6.07) is 22.5. The van der Waals surface area contributed by atoms with Gasteiger partial charge in [0.1, 0.15) is 21.3 Å². The third-order valence-electron chi connectivity index (χ3n) is 11.9. The van der Waals surface area contributed by atoms with Crippen LogP contribution in [0.1, 0.15) is 182 Å². The maximum Gasteiger partial charge on any atom is 0.297 e. The van der Waals surface area contributed by atoms with Gasteiger partial charge in [-0.25, -0.2) is 0 Å². The highest BCUT2D eigenvalue weighted by atomic mass is 32.2. The molecule has 0 saturated carbocycles. The van der Waals surface area contributed by atoms with Crippen molar-refractivity contribution in [3.05, 3.63) is 117 Å². The Morgan fingerprint density at radius 1 is 0.538 bits per heavy atom. The molecule has 0 amide bonds. The first-order chi connectivity index (χ1) is 30.6. The number of hydrogen-bond donors (Lipinski definition) is 1. The number of ether oxygens (including phenoxy) is 4. The molecular formula is C52H72O11S2. The summed E-state index contributed by atoms with van der Waals surface area (Å²) < 4.78 is 91.6. The molecule has 1 fully saturated rings. The highest BCUT2D eigenvalue weighted by molar-refractivity contribution is 7.87. The van der Waals surface area contributed by atoms with Crippen LogP contribution in [0.5, 0.6) is 11.5 Å². The van der Waals surface area contributed by atoms with Gasteiger partial charge < -0.3 is 24.1 Å². The summed E-state index contributed by atoms with van der Waals surface area (Å²) in [4.78, 5) is 0.497. The van der Waals surface area contributed by atoms with E-state index in [4.69, 9.17) is 27.3 Å². The average molecular weight is 937 g/mol. The molecule has 1 saturated heterocycles. The molecule has 1 unspecified atom stereocenters. The van der Waals surface area contributed by atoms with Crippen molar-refractivity contribution in [1.82, 2.24) is 0 Å². The highest BCUT2D eigenvalue weighted by Crippen LogP contribution is 2.40. The van der Waals surface area contributed by atoms with Gasteiger partial charge in [-0.2, -0.15) is 16.8 Å². The Hall–Kier alpha value is -3.66. The summed E-state index contributed by atoms with van der Waals surface area (Å²) >= 11 is 0. The van der Waals surface area contributed by atoms with Gasteiger partial charge in [-0.3, -0.25) is 8.37 Å². The lowest BCUT2D eigenvalue weighted by molar-refractivity contribution is -0.174. The van der Waals surface area contributed by atoms with Crippen molar-refractivity contribution in [3.63, 3.8) is 0 Å². The van der Waals surface area contributed by atoms with E-state index in [0.717, 1.165) is 38.9 Å². The van der Waals surface area contributed by atoms with Crippen LogP contribution in [0.2, 0.25) is 0 Å². The van der Waals surface area contributed by atoms with E-state index in [9.17, 15) is 21.9 Å². The molecule has 0 spiro atoms. The van der Waals surface area contributed by atoms with Crippen molar-refractivity contribution >= 4 is 20.2 Å². The van der Waals surface area contributed by atoms with E-state index < -0.39 is 32.1 Å². The molecule has 4 aromatic carbocycles. The average Bonchev–Trinajstić information content (AvgIpc) is 3.74. The van der Waals surface area contributed by atoms with Crippen LogP contribution >= 0.6 is 0 Å². The Morgan fingerprint density at radius 2 is 0.938 bits per heavy atom. The number of benzene rings is 4. The van der Waals surface area contributed by atoms with Crippen LogP contribution in [-0.2, 0) is 48.6 Å². The minimum absolute atomic E-state index is 0.0248. The van der Waals surface area contributed by atoms with Gasteiger partial charge in [0.2, 0.25) is 0 Å². The van der Waals surface area contributed by atoms with Crippen LogP contribution in [0.15, 0.2) is 82.6 Å². The Kier molecular flexibility index (Phi) is 18.0. The van der Waals surface area contributed by atoms with Crippen molar-refractivity contribution in [3.8, 4) is 11.5 Å². The summed E-state index contributed by atoms with van der Waals surface area (Å²) in [5.41, 5.74) is 6.67. The van der Waals surface area contributed by atoms with E-state index in [1.807, 2.05) is 104 Å². The second-order valence-corrected chi connectivity index (χ2v) is 21.9. The van der Waals surface area contributed by atoms with Gasteiger partial charge in [0.25, 0.3) is 20.2 Å². The molecule has 5 rings (SSSR count). The first kappa shape index (κ1) is 52.3. The molecular weight excluding hydrogens is 865 g/mol. The predicted molar refractivity (Wildman–Crippen MR) is 255 cm³/mol. The van der Waals surface area contributed by atoms with Crippen LogP contribution < -0.4 is 4.74 Å². The van der Waals surface area contributed by atoms with Crippen LogP contribution in [0.3, 0.4) is 0 Å². The molecule has 358 valence electrons. The standard InChI is InChI=1S/C52H72O11S2/c1-33(2)40-29-45(35(5)6)50(46(30-40)36(7)8)64(54,55)61-24-21-49(58-26-23-53)39-13-17-43(18-14-39)63-44-19-15-42(16-20-44)52(59-27-28-60-52)22-25-62-65(56,57)51-47(37(9)10)31-41(34(3)4)32-48(51)38(11)12/h13-20,29-38,49,53H,21-28H2,1-12H3.